The van der Waals surface area contributed by atoms with Gasteiger partial charge in [0, 0.05) is 24.6 Å². The van der Waals surface area contributed by atoms with Gasteiger partial charge < -0.3 is 14.8 Å². The topological polar surface area (TPSA) is 73.3 Å². The zero-order valence-electron chi connectivity index (χ0n) is 14.7. The Morgan fingerprint density at radius 2 is 2.04 bits per heavy atom. The molecule has 0 aliphatic heterocycles. The lowest BCUT2D eigenvalue weighted by Gasteiger charge is -2.20. The molecule has 1 aromatic rings. The maximum absolute atomic E-state index is 11.6. The van der Waals surface area contributed by atoms with E-state index in [2.05, 4.69) is 36.1 Å². The largest absolute Gasteiger partial charge is 0.469 e. The molecule has 0 radical (unpaired) electrons. The van der Waals surface area contributed by atoms with Crippen molar-refractivity contribution in [2.24, 2.45) is 5.92 Å². The minimum absolute atomic E-state index is 0.0140. The van der Waals surface area contributed by atoms with Crippen molar-refractivity contribution in [3.63, 3.8) is 0 Å². The third kappa shape index (κ3) is 4.64. The fraction of sp³-hybridized carbons (Fsp3) is 0.706. The number of anilines is 1. The number of ether oxygens (including phenoxy) is 2. The summed E-state index contributed by atoms with van der Waals surface area (Å²) in [6, 6.07) is 2.15. The summed E-state index contributed by atoms with van der Waals surface area (Å²) < 4.78 is 10.0. The van der Waals surface area contributed by atoms with Crippen molar-refractivity contribution in [2.75, 3.05) is 19.5 Å². The first-order valence-electron chi connectivity index (χ1n) is 8.05. The molecule has 0 unspecified atom stereocenters. The number of methoxy groups -OCH3 is 2. The van der Waals surface area contributed by atoms with E-state index in [0.717, 1.165) is 36.6 Å². The highest BCUT2D eigenvalue weighted by Crippen LogP contribution is 2.29. The van der Waals surface area contributed by atoms with Gasteiger partial charge >= 0.3 is 5.97 Å². The minimum Gasteiger partial charge on any atom is -0.469 e. The lowest BCUT2D eigenvalue weighted by Crippen LogP contribution is -2.22. The van der Waals surface area contributed by atoms with Crippen LogP contribution in [0.25, 0.3) is 0 Å². The molecule has 1 aromatic heterocycles. The number of nitrogens with one attached hydrogen (secondary N) is 1. The number of carbonyl (C=O) groups excluding carboxylic acids is 1. The van der Waals surface area contributed by atoms with Crippen LogP contribution in [-0.2, 0) is 26.3 Å². The third-order valence-corrected chi connectivity index (χ3v) is 4.06. The number of hydrogen-bond donors (Lipinski definition) is 1. The molecular weight excluding hydrogens is 294 g/mol. The third-order valence-electron chi connectivity index (χ3n) is 4.06. The lowest BCUT2D eigenvalue weighted by atomic mass is 9.95. The van der Waals surface area contributed by atoms with E-state index in [0.29, 0.717) is 6.61 Å². The number of nitrogens with zero attached hydrogens (tertiary/aromatic N) is 2. The maximum atomic E-state index is 11.6. The number of aromatic nitrogens is 2. The SMILES string of the molecule is COCc1cc(N[C@@H]2CC[C@H](C(=O)OC)C2)nc(C(C)(C)C)n1. The van der Waals surface area contributed by atoms with Crippen molar-refractivity contribution < 1.29 is 14.3 Å². The molecule has 0 aromatic carbocycles. The molecule has 2 rings (SSSR count). The summed E-state index contributed by atoms with van der Waals surface area (Å²) in [6.45, 7) is 6.72. The van der Waals surface area contributed by atoms with Gasteiger partial charge in [0.25, 0.3) is 0 Å². The van der Waals surface area contributed by atoms with E-state index in [1.54, 1.807) is 7.11 Å². The number of hydrogen-bond acceptors (Lipinski definition) is 6. The second kappa shape index (κ2) is 7.25. The molecule has 1 aliphatic rings. The van der Waals surface area contributed by atoms with Gasteiger partial charge in [0.1, 0.15) is 11.6 Å². The van der Waals surface area contributed by atoms with Gasteiger partial charge in [0.2, 0.25) is 0 Å². The van der Waals surface area contributed by atoms with Crippen molar-refractivity contribution in [3.8, 4) is 0 Å². The van der Waals surface area contributed by atoms with Crippen LogP contribution in [0.2, 0.25) is 0 Å². The highest BCUT2D eigenvalue weighted by atomic mass is 16.5. The van der Waals surface area contributed by atoms with Crippen LogP contribution in [0.4, 0.5) is 5.82 Å². The molecule has 6 heteroatoms. The zero-order chi connectivity index (χ0) is 17.0. The summed E-state index contributed by atoms with van der Waals surface area (Å²) in [5.41, 5.74) is 0.724. The van der Waals surface area contributed by atoms with Crippen molar-refractivity contribution in [1.29, 1.82) is 0 Å². The molecule has 1 aliphatic carbocycles. The van der Waals surface area contributed by atoms with Crippen LogP contribution < -0.4 is 5.32 Å². The summed E-state index contributed by atoms with van der Waals surface area (Å²) in [5, 5.41) is 3.45. The van der Waals surface area contributed by atoms with Crippen LogP contribution in [0.1, 0.15) is 51.6 Å². The fourth-order valence-electron chi connectivity index (χ4n) is 2.83. The summed E-state index contributed by atoms with van der Waals surface area (Å²) in [7, 11) is 3.10. The molecule has 1 fully saturated rings. The van der Waals surface area contributed by atoms with Crippen LogP contribution in [0.15, 0.2) is 6.07 Å². The first kappa shape index (κ1) is 17.7. The molecule has 23 heavy (non-hydrogen) atoms. The number of rotatable bonds is 5. The Morgan fingerprint density at radius 1 is 1.30 bits per heavy atom. The number of carbonyl (C=O) groups is 1. The van der Waals surface area contributed by atoms with E-state index in [-0.39, 0.29) is 23.3 Å². The second-order valence-corrected chi connectivity index (χ2v) is 7.13. The Morgan fingerprint density at radius 3 is 2.65 bits per heavy atom. The van der Waals surface area contributed by atoms with Gasteiger partial charge in [-0.15, -0.1) is 0 Å². The maximum Gasteiger partial charge on any atom is 0.308 e. The molecule has 2 atom stereocenters. The predicted molar refractivity (Wildman–Crippen MR) is 88.2 cm³/mol. The summed E-state index contributed by atoms with van der Waals surface area (Å²) in [5.74, 6) is 1.46. The molecular formula is C17H27N3O3. The molecule has 1 saturated carbocycles. The highest BCUT2D eigenvalue weighted by Gasteiger charge is 2.31. The smallest absolute Gasteiger partial charge is 0.308 e. The van der Waals surface area contributed by atoms with E-state index < -0.39 is 0 Å². The van der Waals surface area contributed by atoms with Gasteiger partial charge in [-0.25, -0.2) is 9.97 Å². The lowest BCUT2D eigenvalue weighted by molar-refractivity contribution is -0.145. The van der Waals surface area contributed by atoms with Crippen LogP contribution in [0.3, 0.4) is 0 Å². The Kier molecular flexibility index (Phi) is 5.57. The van der Waals surface area contributed by atoms with Gasteiger partial charge in [-0.3, -0.25) is 4.79 Å². The molecule has 0 saturated heterocycles. The predicted octanol–water partition coefficient (Wildman–Crippen LogP) is 2.67. The zero-order valence-corrected chi connectivity index (χ0v) is 14.7. The number of esters is 1. The van der Waals surface area contributed by atoms with Gasteiger partial charge in [-0.05, 0) is 19.3 Å². The molecule has 6 nitrogen and oxygen atoms in total. The highest BCUT2D eigenvalue weighted by molar-refractivity contribution is 5.72. The Labute approximate surface area is 138 Å². The fourth-order valence-corrected chi connectivity index (χ4v) is 2.83. The van der Waals surface area contributed by atoms with Crippen molar-refractivity contribution in [1.82, 2.24) is 9.97 Å². The minimum atomic E-state index is -0.135. The van der Waals surface area contributed by atoms with Crippen LogP contribution in [0.5, 0.6) is 0 Å². The van der Waals surface area contributed by atoms with Crippen LogP contribution in [0, 0.1) is 5.92 Å². The first-order chi connectivity index (χ1) is 10.8. The summed E-state index contributed by atoms with van der Waals surface area (Å²) in [4.78, 5) is 20.9. The molecule has 0 spiro atoms. The normalized spacial score (nSPS) is 21.3. The molecule has 128 valence electrons. The second-order valence-electron chi connectivity index (χ2n) is 7.13. The van der Waals surface area contributed by atoms with E-state index in [4.69, 9.17) is 9.47 Å². The Balaban J connectivity index is 2.13. The van der Waals surface area contributed by atoms with E-state index in [9.17, 15) is 4.79 Å². The van der Waals surface area contributed by atoms with Gasteiger partial charge in [0.15, 0.2) is 0 Å². The molecule has 0 amide bonds. The van der Waals surface area contributed by atoms with E-state index in [1.165, 1.54) is 7.11 Å². The van der Waals surface area contributed by atoms with E-state index >= 15 is 0 Å². The average molecular weight is 321 g/mol. The van der Waals surface area contributed by atoms with Crippen LogP contribution in [-0.4, -0.2) is 36.2 Å². The van der Waals surface area contributed by atoms with Crippen molar-refractivity contribution in [2.45, 2.75) is 58.1 Å². The van der Waals surface area contributed by atoms with E-state index in [1.807, 2.05) is 6.07 Å². The molecule has 1 N–H and O–H groups in total. The Hall–Kier alpha value is -1.69. The molecule has 0 bridgehead atoms. The monoisotopic (exact) mass is 321 g/mol. The first-order valence-corrected chi connectivity index (χ1v) is 8.05. The quantitative estimate of drug-likeness (QED) is 0.841. The van der Waals surface area contributed by atoms with Crippen molar-refractivity contribution >= 4 is 11.8 Å². The van der Waals surface area contributed by atoms with Crippen LogP contribution >= 0.6 is 0 Å². The standard InChI is InChI=1S/C17H27N3O3/c1-17(2,3)16-19-13(10-22-4)9-14(20-16)18-12-7-6-11(8-12)15(21)23-5/h9,11-12H,6-8,10H2,1-5H3,(H,18,19,20)/t11-,12+/m0/s1. The summed E-state index contributed by atoms with van der Waals surface area (Å²) >= 11 is 0. The van der Waals surface area contributed by atoms with Gasteiger partial charge in [0.05, 0.1) is 25.3 Å². The average Bonchev–Trinajstić information content (AvgIpc) is 2.94. The van der Waals surface area contributed by atoms with Gasteiger partial charge in [-0.2, -0.15) is 0 Å². The van der Waals surface area contributed by atoms with Gasteiger partial charge in [-0.1, -0.05) is 20.8 Å². The van der Waals surface area contributed by atoms with Crippen molar-refractivity contribution in [3.05, 3.63) is 17.6 Å². The Bertz CT molecular complexity index is 555. The summed E-state index contributed by atoms with van der Waals surface area (Å²) in [6.07, 6.45) is 2.57. The molecule has 1 heterocycles.